The van der Waals surface area contributed by atoms with Gasteiger partial charge in [-0.05, 0) is 73.7 Å². The lowest BCUT2D eigenvalue weighted by molar-refractivity contribution is -0.114. The molecule has 0 unspecified atom stereocenters. The van der Waals surface area contributed by atoms with E-state index >= 15 is 0 Å². The molecule has 1 aromatic heterocycles. The zero-order valence-electron chi connectivity index (χ0n) is 21.2. The van der Waals surface area contributed by atoms with Crippen molar-refractivity contribution < 1.29 is 23.5 Å². The summed E-state index contributed by atoms with van der Waals surface area (Å²) in [6.45, 7) is 2.49. The van der Waals surface area contributed by atoms with Crippen LogP contribution >= 0.6 is 11.8 Å². The topological polar surface area (TPSA) is 110 Å². The van der Waals surface area contributed by atoms with Gasteiger partial charge in [-0.1, -0.05) is 24.3 Å². The van der Waals surface area contributed by atoms with Crippen molar-refractivity contribution in [2.45, 2.75) is 11.8 Å². The average Bonchev–Trinajstić information content (AvgIpc) is 3.47. The molecule has 3 aromatic carbocycles. The maximum absolute atomic E-state index is 13.1. The van der Waals surface area contributed by atoms with Crippen LogP contribution in [0, 0.1) is 0 Å². The minimum absolute atomic E-state index is 0.0200. The molecule has 3 N–H and O–H groups in total. The van der Waals surface area contributed by atoms with Crippen molar-refractivity contribution >= 4 is 46.9 Å². The highest BCUT2D eigenvalue weighted by molar-refractivity contribution is 8.00. The Morgan fingerprint density at radius 2 is 1.67 bits per heavy atom. The van der Waals surface area contributed by atoms with Gasteiger partial charge in [0.15, 0.2) is 0 Å². The molecule has 9 heteroatoms. The Balaban J connectivity index is 1.38. The summed E-state index contributed by atoms with van der Waals surface area (Å²) in [5, 5.41) is 8.32. The highest BCUT2D eigenvalue weighted by atomic mass is 32.2. The highest BCUT2D eigenvalue weighted by Crippen LogP contribution is 2.23. The predicted octanol–water partition coefficient (Wildman–Crippen LogP) is 5.82. The monoisotopic (exact) mass is 541 g/mol. The Hall–Kier alpha value is -4.76. The molecule has 0 bridgehead atoms. The summed E-state index contributed by atoms with van der Waals surface area (Å²) in [5.74, 6) is 0.228. The standard InChI is InChI=1S/C30H27N3O5S/c1-2-37-24-15-13-22(14-16-24)31-28(34)20-39-26-12-6-10-23(18-26)32-30(36)27(19-25-11-7-17-38-25)33-29(35)21-8-4-3-5-9-21/h3-19H,2,20H2,1H3,(H,31,34)(H,32,36)(H,33,35)/b27-19-. The van der Waals surface area contributed by atoms with Crippen molar-refractivity contribution in [1.82, 2.24) is 5.32 Å². The number of carbonyl (C=O) groups is 3. The molecule has 3 amide bonds. The Morgan fingerprint density at radius 3 is 2.38 bits per heavy atom. The number of thioether (sulfide) groups is 1. The van der Waals surface area contributed by atoms with E-state index < -0.39 is 11.8 Å². The summed E-state index contributed by atoms with van der Waals surface area (Å²) >= 11 is 1.33. The number of hydrogen-bond donors (Lipinski definition) is 3. The second-order valence-corrected chi connectivity index (χ2v) is 9.22. The van der Waals surface area contributed by atoms with Crippen LogP contribution in [0.3, 0.4) is 0 Å². The van der Waals surface area contributed by atoms with Crippen LogP contribution in [0.15, 0.2) is 112 Å². The Morgan fingerprint density at radius 1 is 0.872 bits per heavy atom. The Bertz CT molecular complexity index is 1440. The molecule has 39 heavy (non-hydrogen) atoms. The molecule has 1 heterocycles. The van der Waals surface area contributed by atoms with E-state index in [4.69, 9.17) is 9.15 Å². The first-order valence-electron chi connectivity index (χ1n) is 12.2. The minimum atomic E-state index is -0.522. The van der Waals surface area contributed by atoms with Gasteiger partial charge in [0, 0.05) is 27.9 Å². The summed E-state index contributed by atoms with van der Waals surface area (Å²) < 4.78 is 10.7. The van der Waals surface area contributed by atoms with Crippen LogP contribution in [-0.2, 0) is 9.59 Å². The summed E-state index contributed by atoms with van der Waals surface area (Å²) in [4.78, 5) is 39.1. The number of benzene rings is 3. The number of hydrogen-bond acceptors (Lipinski definition) is 6. The molecule has 0 radical (unpaired) electrons. The summed E-state index contributed by atoms with van der Waals surface area (Å²) in [5.41, 5.74) is 1.62. The van der Waals surface area contributed by atoms with Crippen molar-refractivity contribution in [3.05, 3.63) is 114 Å². The second kappa shape index (κ2) is 13.7. The number of carbonyl (C=O) groups excluding carboxylic acids is 3. The third-order valence-corrected chi connectivity index (χ3v) is 6.26. The Kier molecular flexibility index (Phi) is 9.57. The molecule has 0 aliphatic rings. The van der Waals surface area contributed by atoms with Crippen LogP contribution in [0.1, 0.15) is 23.0 Å². The maximum atomic E-state index is 13.1. The minimum Gasteiger partial charge on any atom is -0.494 e. The van der Waals surface area contributed by atoms with Gasteiger partial charge in [0.05, 0.1) is 18.6 Å². The molecule has 0 saturated heterocycles. The quantitative estimate of drug-likeness (QED) is 0.163. The molecule has 4 aromatic rings. The zero-order chi connectivity index (χ0) is 27.5. The first-order chi connectivity index (χ1) is 19.0. The van der Waals surface area contributed by atoms with Gasteiger partial charge in [-0.2, -0.15) is 0 Å². The van der Waals surface area contributed by atoms with E-state index in [0.717, 1.165) is 10.6 Å². The van der Waals surface area contributed by atoms with Crippen LogP contribution in [0.4, 0.5) is 11.4 Å². The van der Waals surface area contributed by atoms with Crippen LogP contribution in [0.25, 0.3) is 6.08 Å². The fourth-order valence-corrected chi connectivity index (χ4v) is 4.22. The Labute approximate surface area is 230 Å². The van der Waals surface area contributed by atoms with Gasteiger partial charge in [0.1, 0.15) is 17.2 Å². The molecule has 0 spiro atoms. The molecule has 0 fully saturated rings. The first-order valence-corrected chi connectivity index (χ1v) is 13.2. The van der Waals surface area contributed by atoms with Crippen LogP contribution < -0.4 is 20.7 Å². The van der Waals surface area contributed by atoms with E-state index in [1.807, 2.05) is 13.0 Å². The lowest BCUT2D eigenvalue weighted by Crippen LogP contribution is -2.30. The fraction of sp³-hybridized carbons (Fsp3) is 0.100. The van der Waals surface area contributed by atoms with E-state index in [0.29, 0.717) is 29.3 Å². The van der Waals surface area contributed by atoms with Gasteiger partial charge in [-0.25, -0.2) is 0 Å². The van der Waals surface area contributed by atoms with Gasteiger partial charge in [0.2, 0.25) is 5.91 Å². The summed E-state index contributed by atoms with van der Waals surface area (Å²) in [6, 6.07) is 26.3. The fourth-order valence-electron chi connectivity index (χ4n) is 3.47. The molecule has 0 aliphatic heterocycles. The lowest BCUT2D eigenvalue weighted by atomic mass is 10.2. The van der Waals surface area contributed by atoms with E-state index in [2.05, 4.69) is 16.0 Å². The second-order valence-electron chi connectivity index (χ2n) is 8.17. The molecular weight excluding hydrogens is 514 g/mol. The number of anilines is 2. The molecule has 8 nitrogen and oxygen atoms in total. The molecule has 0 aliphatic carbocycles. The number of rotatable bonds is 11. The number of ether oxygens (including phenoxy) is 1. The van der Waals surface area contributed by atoms with Crippen molar-refractivity contribution in [2.75, 3.05) is 23.0 Å². The molecule has 0 saturated carbocycles. The van der Waals surface area contributed by atoms with Gasteiger partial charge < -0.3 is 25.1 Å². The normalized spacial score (nSPS) is 10.9. The molecule has 198 valence electrons. The highest BCUT2D eigenvalue weighted by Gasteiger charge is 2.16. The van der Waals surface area contributed by atoms with Gasteiger partial charge in [-0.3, -0.25) is 14.4 Å². The predicted molar refractivity (Wildman–Crippen MR) is 153 cm³/mol. The van der Waals surface area contributed by atoms with Gasteiger partial charge >= 0.3 is 0 Å². The van der Waals surface area contributed by atoms with Gasteiger partial charge in [0.25, 0.3) is 11.8 Å². The van der Waals surface area contributed by atoms with Crippen molar-refractivity contribution in [3.63, 3.8) is 0 Å². The largest absolute Gasteiger partial charge is 0.494 e. The van der Waals surface area contributed by atoms with Crippen molar-refractivity contribution in [3.8, 4) is 5.75 Å². The van der Waals surface area contributed by atoms with E-state index in [-0.39, 0.29) is 17.4 Å². The van der Waals surface area contributed by atoms with Crippen LogP contribution in [0.5, 0.6) is 5.75 Å². The van der Waals surface area contributed by atoms with Crippen LogP contribution in [0.2, 0.25) is 0 Å². The van der Waals surface area contributed by atoms with Crippen molar-refractivity contribution in [1.29, 1.82) is 0 Å². The van der Waals surface area contributed by atoms with E-state index in [1.165, 1.54) is 24.1 Å². The van der Waals surface area contributed by atoms with Crippen molar-refractivity contribution in [2.24, 2.45) is 0 Å². The first kappa shape index (κ1) is 27.3. The number of nitrogens with one attached hydrogen (secondary N) is 3. The molecular formula is C30H27N3O5S. The SMILES string of the molecule is CCOc1ccc(NC(=O)CSc2cccc(NC(=O)/C(=C/c3ccco3)NC(=O)c3ccccc3)c2)cc1. The smallest absolute Gasteiger partial charge is 0.272 e. The zero-order valence-corrected chi connectivity index (χ0v) is 22.0. The summed E-state index contributed by atoms with van der Waals surface area (Å²) in [6.07, 6.45) is 2.94. The van der Waals surface area contributed by atoms with E-state index in [9.17, 15) is 14.4 Å². The summed E-state index contributed by atoms with van der Waals surface area (Å²) in [7, 11) is 0. The van der Waals surface area contributed by atoms with Crippen LogP contribution in [-0.4, -0.2) is 30.1 Å². The molecule has 0 atom stereocenters. The average molecular weight is 542 g/mol. The van der Waals surface area contributed by atoms with E-state index in [1.54, 1.807) is 84.9 Å². The third-order valence-electron chi connectivity index (χ3n) is 5.27. The van der Waals surface area contributed by atoms with Gasteiger partial charge in [-0.15, -0.1) is 11.8 Å². The number of furan rings is 1. The molecule has 4 rings (SSSR count). The maximum Gasteiger partial charge on any atom is 0.272 e. The number of amides is 3. The third kappa shape index (κ3) is 8.37. The lowest BCUT2D eigenvalue weighted by Gasteiger charge is -2.12.